The van der Waals surface area contributed by atoms with Gasteiger partial charge in [0.1, 0.15) is 0 Å². The molecule has 2 N–H and O–H groups in total. The van der Waals surface area contributed by atoms with Gasteiger partial charge in [0.25, 0.3) is 0 Å². The molecule has 0 aliphatic rings. The van der Waals surface area contributed by atoms with Gasteiger partial charge in [-0.05, 0) is 12.0 Å². The SMILES string of the molecule is [2H][C@H](c1ccccc1)[C@H](N)C(=O)C(C)(C)C. The molecule has 82 valence electrons. The molecule has 0 aliphatic heterocycles. The maximum Gasteiger partial charge on any atom is 0.155 e. The molecule has 0 aliphatic carbocycles. The van der Waals surface area contributed by atoms with E-state index in [0.29, 0.717) is 0 Å². The minimum atomic E-state index is -0.762. The third-order valence-corrected chi connectivity index (χ3v) is 2.21. The summed E-state index contributed by atoms with van der Waals surface area (Å²) in [6, 6.07) is 8.48. The van der Waals surface area contributed by atoms with Crippen LogP contribution in [0.2, 0.25) is 0 Å². The van der Waals surface area contributed by atoms with E-state index in [2.05, 4.69) is 0 Å². The number of carbonyl (C=O) groups is 1. The van der Waals surface area contributed by atoms with Gasteiger partial charge in [0.05, 0.1) is 6.04 Å². The van der Waals surface area contributed by atoms with Crippen LogP contribution >= 0.6 is 0 Å². The Bertz CT molecular complexity index is 356. The van der Waals surface area contributed by atoms with Crippen LogP contribution in [-0.4, -0.2) is 11.8 Å². The van der Waals surface area contributed by atoms with E-state index in [-0.39, 0.29) is 5.78 Å². The highest BCUT2D eigenvalue weighted by molar-refractivity contribution is 5.88. The van der Waals surface area contributed by atoms with Crippen LogP contribution in [0.4, 0.5) is 0 Å². The highest BCUT2D eigenvalue weighted by Gasteiger charge is 2.26. The minimum Gasteiger partial charge on any atom is -0.321 e. The molecule has 2 nitrogen and oxygen atoms in total. The van der Waals surface area contributed by atoms with Gasteiger partial charge in [0.15, 0.2) is 5.78 Å². The molecule has 0 radical (unpaired) electrons. The summed E-state index contributed by atoms with van der Waals surface area (Å²) in [5, 5.41) is 0. The van der Waals surface area contributed by atoms with Crippen molar-refractivity contribution >= 4 is 5.78 Å². The molecule has 0 bridgehead atoms. The van der Waals surface area contributed by atoms with Crippen LogP contribution in [0.15, 0.2) is 30.3 Å². The van der Waals surface area contributed by atoms with Crippen molar-refractivity contribution < 1.29 is 6.17 Å². The number of nitrogens with two attached hydrogens (primary N) is 1. The summed E-state index contributed by atoms with van der Waals surface area (Å²) in [4.78, 5) is 11.9. The second-order valence-electron chi connectivity index (χ2n) is 4.72. The van der Waals surface area contributed by atoms with Gasteiger partial charge in [-0.3, -0.25) is 4.79 Å². The summed E-state index contributed by atoms with van der Waals surface area (Å²) in [6.45, 7) is 5.48. The van der Waals surface area contributed by atoms with Crippen LogP contribution in [0.25, 0.3) is 0 Å². The van der Waals surface area contributed by atoms with Gasteiger partial charge in [-0.25, -0.2) is 0 Å². The molecule has 0 unspecified atom stereocenters. The number of benzene rings is 1. The van der Waals surface area contributed by atoms with E-state index in [0.717, 1.165) is 5.56 Å². The Morgan fingerprint density at radius 3 is 2.40 bits per heavy atom. The van der Waals surface area contributed by atoms with Crippen molar-refractivity contribution in [2.24, 2.45) is 11.1 Å². The zero-order valence-corrected chi connectivity index (χ0v) is 9.53. The van der Waals surface area contributed by atoms with Gasteiger partial charge in [-0.2, -0.15) is 0 Å². The number of hydrogen-bond acceptors (Lipinski definition) is 2. The van der Waals surface area contributed by atoms with E-state index in [9.17, 15) is 4.79 Å². The molecule has 0 spiro atoms. The number of hydrogen-bond donors (Lipinski definition) is 1. The number of ketones is 1. The quantitative estimate of drug-likeness (QED) is 0.823. The zero-order valence-electron chi connectivity index (χ0n) is 10.5. The predicted octanol–water partition coefficient (Wildman–Crippen LogP) is 2.17. The molecule has 0 aromatic heterocycles. The lowest BCUT2D eigenvalue weighted by atomic mass is 9.85. The van der Waals surface area contributed by atoms with Crippen molar-refractivity contribution in [2.45, 2.75) is 33.2 Å². The number of Topliss-reactive ketones (excluding diaryl/α,β-unsaturated/α-hetero) is 1. The molecule has 2 atom stereocenters. The summed E-state index contributed by atoms with van der Waals surface area (Å²) in [6.07, 6.45) is -0.687. The molecule has 1 aromatic rings. The molecule has 0 heterocycles. The fraction of sp³-hybridized carbons (Fsp3) is 0.462. The topological polar surface area (TPSA) is 43.1 Å². The fourth-order valence-corrected chi connectivity index (χ4v) is 1.35. The van der Waals surface area contributed by atoms with E-state index in [1.165, 1.54) is 0 Å². The van der Waals surface area contributed by atoms with E-state index in [4.69, 9.17) is 7.10 Å². The lowest BCUT2D eigenvalue weighted by Gasteiger charge is -2.21. The lowest BCUT2D eigenvalue weighted by molar-refractivity contribution is -0.127. The molecule has 1 aromatic carbocycles. The van der Waals surface area contributed by atoms with Crippen molar-refractivity contribution in [3.8, 4) is 0 Å². The Balaban J connectivity index is 2.83. The van der Waals surface area contributed by atoms with Crippen molar-refractivity contribution in [2.75, 3.05) is 0 Å². The van der Waals surface area contributed by atoms with E-state index in [1.807, 2.05) is 51.1 Å². The van der Waals surface area contributed by atoms with Crippen LogP contribution in [0, 0.1) is 5.41 Å². The van der Waals surface area contributed by atoms with Crippen LogP contribution in [0.3, 0.4) is 0 Å². The second-order valence-corrected chi connectivity index (χ2v) is 4.72. The highest BCUT2D eigenvalue weighted by Crippen LogP contribution is 2.17. The molecule has 0 saturated heterocycles. The highest BCUT2D eigenvalue weighted by atomic mass is 16.1. The van der Waals surface area contributed by atoms with Gasteiger partial charge in [0.2, 0.25) is 0 Å². The standard InChI is InChI=1S/C13H19NO/c1-13(2,3)12(15)11(14)9-10-7-5-4-6-8-10/h4-8,11H,9,14H2,1-3H3/t11-/m0/s1/i9D/t9-,11+/m1. The molecular weight excluding hydrogens is 186 g/mol. The Morgan fingerprint density at radius 1 is 1.40 bits per heavy atom. The van der Waals surface area contributed by atoms with Gasteiger partial charge in [0, 0.05) is 6.79 Å². The van der Waals surface area contributed by atoms with E-state index >= 15 is 0 Å². The second kappa shape index (κ2) is 4.58. The normalized spacial score (nSPS) is 16.7. The van der Waals surface area contributed by atoms with E-state index in [1.54, 1.807) is 0 Å². The largest absolute Gasteiger partial charge is 0.321 e. The van der Waals surface area contributed by atoms with Gasteiger partial charge in [-0.1, -0.05) is 51.1 Å². The van der Waals surface area contributed by atoms with Crippen molar-refractivity contribution in [3.05, 3.63) is 35.9 Å². The van der Waals surface area contributed by atoms with Crippen LogP contribution in [0.1, 0.15) is 27.7 Å². The summed E-state index contributed by atoms with van der Waals surface area (Å²) < 4.78 is 7.98. The average molecular weight is 206 g/mol. The first-order valence-electron chi connectivity index (χ1n) is 5.69. The van der Waals surface area contributed by atoms with Crippen molar-refractivity contribution in [1.82, 2.24) is 0 Å². The summed E-state index contributed by atoms with van der Waals surface area (Å²) in [5.41, 5.74) is 6.13. The lowest BCUT2D eigenvalue weighted by Crippen LogP contribution is -2.40. The fourth-order valence-electron chi connectivity index (χ4n) is 1.35. The summed E-state index contributed by atoms with van der Waals surface area (Å²) in [5.74, 6) is -0.0728. The third-order valence-electron chi connectivity index (χ3n) is 2.21. The molecule has 0 fully saturated rings. The number of rotatable bonds is 3. The third kappa shape index (κ3) is 3.48. The van der Waals surface area contributed by atoms with Gasteiger partial charge in [-0.15, -0.1) is 0 Å². The summed E-state index contributed by atoms with van der Waals surface area (Å²) >= 11 is 0. The maximum atomic E-state index is 11.9. The minimum absolute atomic E-state index is 0.0728. The Labute approximate surface area is 92.9 Å². The van der Waals surface area contributed by atoms with Crippen LogP contribution in [0.5, 0.6) is 0 Å². The zero-order chi connectivity index (χ0) is 12.3. The van der Waals surface area contributed by atoms with E-state index < -0.39 is 17.9 Å². The first kappa shape index (κ1) is 10.4. The molecule has 15 heavy (non-hydrogen) atoms. The van der Waals surface area contributed by atoms with Crippen LogP contribution < -0.4 is 5.73 Å². The molecule has 2 heteroatoms. The molecule has 0 saturated carbocycles. The monoisotopic (exact) mass is 206 g/mol. The Morgan fingerprint density at radius 2 is 1.93 bits per heavy atom. The smallest absolute Gasteiger partial charge is 0.155 e. The maximum absolute atomic E-state index is 11.9. The molecule has 0 amide bonds. The molecule has 1 rings (SSSR count). The van der Waals surface area contributed by atoms with Gasteiger partial charge < -0.3 is 5.73 Å². The van der Waals surface area contributed by atoms with Gasteiger partial charge >= 0.3 is 0 Å². The number of carbonyl (C=O) groups excluding carboxylic acids is 1. The van der Waals surface area contributed by atoms with Crippen LogP contribution in [-0.2, 0) is 11.2 Å². The van der Waals surface area contributed by atoms with Crippen molar-refractivity contribution in [3.63, 3.8) is 0 Å². The summed E-state index contributed by atoms with van der Waals surface area (Å²) in [7, 11) is 0. The Hall–Kier alpha value is -1.15. The van der Waals surface area contributed by atoms with Crippen molar-refractivity contribution in [1.29, 1.82) is 0 Å². The average Bonchev–Trinajstić information content (AvgIpc) is 2.26. The first-order valence-corrected chi connectivity index (χ1v) is 5.11. The predicted molar refractivity (Wildman–Crippen MR) is 62.6 cm³/mol. The first-order chi connectivity index (χ1) is 7.34. The Kier molecular flexibility index (Phi) is 3.17. The molecular formula is C13H19NO.